The predicted molar refractivity (Wildman–Crippen MR) is 92.5 cm³/mol. The summed E-state index contributed by atoms with van der Waals surface area (Å²) in [6.07, 6.45) is 6.25. The molecule has 1 aliphatic heterocycles. The molecule has 2 rings (SSSR count). The van der Waals surface area contributed by atoms with E-state index in [2.05, 4.69) is 33.6 Å². The lowest BCUT2D eigenvalue weighted by Gasteiger charge is -2.34. The molecule has 0 N–H and O–H groups in total. The Morgan fingerprint density at radius 2 is 1.70 bits per heavy atom. The van der Waals surface area contributed by atoms with E-state index in [0.717, 1.165) is 64.6 Å². The number of piperazine rings is 1. The van der Waals surface area contributed by atoms with Crippen LogP contribution in [0.2, 0.25) is 0 Å². The third kappa shape index (κ3) is 5.46. The number of hydrogen-bond donors (Lipinski definition) is 0. The van der Waals surface area contributed by atoms with Gasteiger partial charge in [-0.15, -0.1) is 0 Å². The van der Waals surface area contributed by atoms with Gasteiger partial charge in [0.1, 0.15) is 0 Å². The van der Waals surface area contributed by atoms with Crippen LogP contribution in [0.15, 0.2) is 18.5 Å². The van der Waals surface area contributed by atoms with Crippen molar-refractivity contribution in [3.05, 3.63) is 18.5 Å². The number of carbonyl (C=O) groups excluding carboxylic acids is 1. The van der Waals surface area contributed by atoms with E-state index in [4.69, 9.17) is 0 Å². The highest BCUT2D eigenvalue weighted by Gasteiger charge is 2.20. The van der Waals surface area contributed by atoms with Crippen molar-refractivity contribution in [1.82, 2.24) is 19.8 Å². The van der Waals surface area contributed by atoms with Gasteiger partial charge in [-0.25, -0.2) is 9.97 Å². The molecule has 0 radical (unpaired) electrons. The Labute approximate surface area is 139 Å². The second-order valence-electron chi connectivity index (χ2n) is 6.01. The summed E-state index contributed by atoms with van der Waals surface area (Å²) in [5.41, 5.74) is 0. The first-order valence-electron chi connectivity index (χ1n) is 8.76. The minimum Gasteiger partial charge on any atom is -0.343 e. The Hall–Kier alpha value is -1.69. The van der Waals surface area contributed by atoms with Gasteiger partial charge in [0.05, 0.1) is 0 Å². The second kappa shape index (κ2) is 9.45. The van der Waals surface area contributed by atoms with Crippen LogP contribution in [0.3, 0.4) is 0 Å². The van der Waals surface area contributed by atoms with Crippen molar-refractivity contribution < 1.29 is 4.79 Å². The second-order valence-corrected chi connectivity index (χ2v) is 6.01. The highest BCUT2D eigenvalue weighted by atomic mass is 16.2. The molecule has 1 aromatic heterocycles. The van der Waals surface area contributed by atoms with Gasteiger partial charge in [-0.1, -0.05) is 13.8 Å². The molecular weight excluding hydrogens is 290 g/mol. The zero-order valence-electron chi connectivity index (χ0n) is 14.4. The van der Waals surface area contributed by atoms with Crippen molar-refractivity contribution in [3.63, 3.8) is 0 Å². The Bertz CT molecular complexity index is 453. The fourth-order valence-electron chi connectivity index (χ4n) is 2.94. The van der Waals surface area contributed by atoms with E-state index in [1.807, 2.05) is 11.0 Å². The Morgan fingerprint density at radius 3 is 2.26 bits per heavy atom. The molecule has 1 fully saturated rings. The van der Waals surface area contributed by atoms with Crippen LogP contribution in [-0.2, 0) is 4.79 Å². The van der Waals surface area contributed by atoms with Gasteiger partial charge < -0.3 is 9.80 Å². The lowest BCUT2D eigenvalue weighted by Crippen LogP contribution is -2.48. The van der Waals surface area contributed by atoms with Gasteiger partial charge in [-0.05, 0) is 18.9 Å². The molecule has 23 heavy (non-hydrogen) atoms. The molecule has 1 saturated heterocycles. The van der Waals surface area contributed by atoms with Crippen molar-refractivity contribution in [2.75, 3.05) is 50.7 Å². The first-order chi connectivity index (χ1) is 11.2. The zero-order valence-corrected chi connectivity index (χ0v) is 14.4. The fraction of sp³-hybridized carbons (Fsp3) is 0.706. The van der Waals surface area contributed by atoms with Gasteiger partial charge in [0.15, 0.2) is 0 Å². The smallest absolute Gasteiger partial charge is 0.225 e. The third-order valence-corrected chi connectivity index (χ3v) is 4.19. The van der Waals surface area contributed by atoms with Crippen molar-refractivity contribution in [1.29, 1.82) is 0 Å². The minimum absolute atomic E-state index is 0.294. The number of amides is 1. The highest BCUT2D eigenvalue weighted by Crippen LogP contribution is 2.10. The van der Waals surface area contributed by atoms with Crippen LogP contribution >= 0.6 is 0 Å². The number of nitrogens with zero attached hydrogens (tertiary/aromatic N) is 5. The summed E-state index contributed by atoms with van der Waals surface area (Å²) in [7, 11) is 0. The quantitative estimate of drug-likeness (QED) is 0.729. The molecule has 1 amide bonds. The fourth-order valence-corrected chi connectivity index (χ4v) is 2.94. The zero-order chi connectivity index (χ0) is 16.5. The molecule has 6 heteroatoms. The summed E-state index contributed by atoms with van der Waals surface area (Å²) in [6, 6.07) is 1.84. The minimum atomic E-state index is 0.294. The average molecular weight is 319 g/mol. The number of hydrogen-bond acceptors (Lipinski definition) is 5. The largest absolute Gasteiger partial charge is 0.343 e. The van der Waals surface area contributed by atoms with Crippen LogP contribution in [0.4, 0.5) is 5.95 Å². The number of anilines is 1. The van der Waals surface area contributed by atoms with E-state index < -0.39 is 0 Å². The summed E-state index contributed by atoms with van der Waals surface area (Å²) in [4.78, 5) is 27.5. The van der Waals surface area contributed by atoms with Crippen LogP contribution < -0.4 is 4.90 Å². The van der Waals surface area contributed by atoms with Gasteiger partial charge in [0, 0.05) is 64.6 Å². The molecule has 1 aliphatic rings. The van der Waals surface area contributed by atoms with Crippen LogP contribution in [0.5, 0.6) is 0 Å². The Morgan fingerprint density at radius 1 is 1.09 bits per heavy atom. The summed E-state index contributed by atoms with van der Waals surface area (Å²) >= 11 is 0. The summed E-state index contributed by atoms with van der Waals surface area (Å²) in [5, 5.41) is 0. The average Bonchev–Trinajstić information content (AvgIpc) is 2.61. The molecule has 128 valence electrons. The van der Waals surface area contributed by atoms with Crippen molar-refractivity contribution in [2.24, 2.45) is 0 Å². The number of rotatable bonds is 8. The molecule has 0 unspecified atom stereocenters. The maximum Gasteiger partial charge on any atom is 0.225 e. The lowest BCUT2D eigenvalue weighted by molar-refractivity contribution is -0.131. The van der Waals surface area contributed by atoms with Gasteiger partial charge in [-0.3, -0.25) is 9.69 Å². The van der Waals surface area contributed by atoms with E-state index >= 15 is 0 Å². The molecule has 0 aliphatic carbocycles. The Kier molecular flexibility index (Phi) is 7.26. The molecule has 0 spiro atoms. The van der Waals surface area contributed by atoms with Crippen molar-refractivity contribution in [3.8, 4) is 0 Å². The van der Waals surface area contributed by atoms with Crippen molar-refractivity contribution >= 4 is 11.9 Å². The van der Waals surface area contributed by atoms with E-state index in [1.54, 1.807) is 12.4 Å². The standard InChI is InChI=1S/C17H29N5O/c1-3-9-21(10-4-2)16(23)6-11-20-12-14-22(15-13-20)17-18-7-5-8-19-17/h5,7-8H,3-4,6,9-15H2,1-2H3. The molecule has 2 heterocycles. The number of carbonyl (C=O) groups is 1. The monoisotopic (exact) mass is 319 g/mol. The molecule has 6 nitrogen and oxygen atoms in total. The third-order valence-electron chi connectivity index (χ3n) is 4.19. The van der Waals surface area contributed by atoms with Gasteiger partial charge >= 0.3 is 0 Å². The van der Waals surface area contributed by atoms with E-state index in [-0.39, 0.29) is 0 Å². The van der Waals surface area contributed by atoms with Gasteiger partial charge in [0.2, 0.25) is 11.9 Å². The lowest BCUT2D eigenvalue weighted by atomic mass is 10.2. The van der Waals surface area contributed by atoms with Crippen LogP contribution in [-0.4, -0.2) is 71.5 Å². The summed E-state index contributed by atoms with van der Waals surface area (Å²) in [6.45, 7) is 10.6. The van der Waals surface area contributed by atoms with E-state index in [0.29, 0.717) is 12.3 Å². The molecule has 0 atom stereocenters. The maximum atomic E-state index is 12.3. The number of aromatic nitrogens is 2. The normalized spacial score (nSPS) is 15.7. The van der Waals surface area contributed by atoms with Crippen LogP contribution in [0.25, 0.3) is 0 Å². The molecular formula is C17H29N5O. The first kappa shape index (κ1) is 17.7. The van der Waals surface area contributed by atoms with E-state index in [9.17, 15) is 4.79 Å². The van der Waals surface area contributed by atoms with Gasteiger partial charge in [-0.2, -0.15) is 0 Å². The van der Waals surface area contributed by atoms with E-state index in [1.165, 1.54) is 0 Å². The predicted octanol–water partition coefficient (Wildman–Crippen LogP) is 1.64. The SMILES string of the molecule is CCCN(CCC)C(=O)CCN1CCN(c2ncccn2)CC1. The summed E-state index contributed by atoms with van der Waals surface area (Å²) < 4.78 is 0. The highest BCUT2D eigenvalue weighted by molar-refractivity contribution is 5.76. The molecule has 1 aromatic rings. The summed E-state index contributed by atoms with van der Waals surface area (Å²) in [5.74, 6) is 1.10. The van der Waals surface area contributed by atoms with Gasteiger partial charge in [0.25, 0.3) is 0 Å². The molecule has 0 aromatic carbocycles. The first-order valence-corrected chi connectivity index (χ1v) is 8.76. The van der Waals surface area contributed by atoms with Crippen LogP contribution in [0, 0.1) is 0 Å². The maximum absolute atomic E-state index is 12.3. The molecule has 0 bridgehead atoms. The molecule has 0 saturated carbocycles. The van der Waals surface area contributed by atoms with Crippen LogP contribution in [0.1, 0.15) is 33.1 Å². The Balaban J connectivity index is 1.73. The van der Waals surface area contributed by atoms with Crippen molar-refractivity contribution in [2.45, 2.75) is 33.1 Å². The topological polar surface area (TPSA) is 52.6 Å².